The lowest BCUT2D eigenvalue weighted by atomic mass is 10.7. The van der Waals surface area contributed by atoms with Crippen molar-refractivity contribution in [2.24, 2.45) is 0 Å². The third-order valence-corrected chi connectivity index (χ3v) is 5.04. The molecule has 0 fully saturated rings. The zero-order chi connectivity index (χ0) is 15.3. The number of hydrogen-bond acceptors (Lipinski definition) is 6. The predicted molar refractivity (Wildman–Crippen MR) is 74.5 cm³/mol. The van der Waals surface area contributed by atoms with E-state index in [1.54, 1.807) is 0 Å². The van der Waals surface area contributed by atoms with Gasteiger partial charge < -0.3 is 10.1 Å². The maximum Gasteiger partial charge on any atom is 0.322 e. The molecular weight excluding hydrogens is 363 g/mol. The van der Waals surface area contributed by atoms with Crippen molar-refractivity contribution in [3.63, 3.8) is 0 Å². The lowest BCUT2D eigenvalue weighted by Crippen LogP contribution is -2.38. The first-order valence-electron chi connectivity index (χ1n) is 4.55. The van der Waals surface area contributed by atoms with Gasteiger partial charge in [0.15, 0.2) is 0 Å². The summed E-state index contributed by atoms with van der Waals surface area (Å²) >= 11 is 16.7. The topological polar surface area (TPSA) is 92.8 Å². The summed E-state index contributed by atoms with van der Waals surface area (Å²) < 4.78 is 26.6. The number of carbonyl (C=O) groups excluding carboxylic acids is 2. The van der Waals surface area contributed by atoms with Gasteiger partial charge in [-0.25, -0.2) is 8.42 Å². The Bertz CT molecular complexity index is 437. The highest BCUT2D eigenvalue weighted by molar-refractivity contribution is 8.12. The van der Waals surface area contributed by atoms with Gasteiger partial charge in [0.25, 0.3) is 3.12 Å². The monoisotopic (exact) mass is 372 g/mol. The van der Waals surface area contributed by atoms with Crippen LogP contribution >= 0.6 is 46.8 Å². The van der Waals surface area contributed by atoms with Crippen LogP contribution in [-0.4, -0.2) is 53.6 Å². The van der Waals surface area contributed by atoms with Gasteiger partial charge in [-0.15, -0.1) is 3.71 Å². The average molecular weight is 374 g/mol. The quantitative estimate of drug-likeness (QED) is 0.414. The second kappa shape index (κ2) is 7.75. The Morgan fingerprint density at radius 2 is 1.89 bits per heavy atom. The van der Waals surface area contributed by atoms with E-state index in [0.29, 0.717) is 3.71 Å². The maximum atomic E-state index is 11.9. The Morgan fingerprint density at radius 3 is 2.26 bits per heavy atom. The summed E-state index contributed by atoms with van der Waals surface area (Å²) in [6.45, 7) is -0.686. The number of nitrogens with zero attached hydrogens (tertiary/aromatic N) is 1. The van der Waals surface area contributed by atoms with Crippen LogP contribution in [-0.2, 0) is 24.3 Å². The Morgan fingerprint density at radius 1 is 1.37 bits per heavy atom. The van der Waals surface area contributed by atoms with Crippen LogP contribution in [0.15, 0.2) is 0 Å². The minimum Gasteiger partial charge on any atom is -0.468 e. The standard InChI is InChI=1S/C7H11Cl3N2O5S2/c1-11-5(13)4-19(15,16)12(3-6(14)17-2)18-7(8,9)10/h3-4H2,1-2H3,(H,11,13). The Labute approximate surface area is 130 Å². The lowest BCUT2D eigenvalue weighted by molar-refractivity contribution is -0.140. The number of nitrogens with one attached hydrogen (secondary N) is 1. The van der Waals surface area contributed by atoms with E-state index in [-0.39, 0.29) is 11.9 Å². The molecule has 0 saturated carbocycles. The summed E-state index contributed by atoms with van der Waals surface area (Å²) in [5.74, 6) is -2.50. The van der Waals surface area contributed by atoms with Crippen LogP contribution in [0.2, 0.25) is 0 Å². The van der Waals surface area contributed by atoms with E-state index in [1.165, 1.54) is 7.05 Å². The molecule has 7 nitrogen and oxygen atoms in total. The molecule has 0 spiro atoms. The molecular formula is C7H11Cl3N2O5S2. The van der Waals surface area contributed by atoms with Crippen molar-refractivity contribution in [1.82, 2.24) is 9.03 Å². The van der Waals surface area contributed by atoms with Gasteiger partial charge in [-0.1, -0.05) is 34.8 Å². The summed E-state index contributed by atoms with van der Waals surface area (Å²) in [4.78, 5) is 22.3. The van der Waals surface area contributed by atoms with Crippen LogP contribution in [0.25, 0.3) is 0 Å². The average Bonchev–Trinajstić information content (AvgIpc) is 2.25. The number of hydrogen-bond donors (Lipinski definition) is 1. The molecule has 0 unspecified atom stereocenters. The third kappa shape index (κ3) is 8.05. The molecule has 0 saturated heterocycles. The number of sulfonamides is 1. The van der Waals surface area contributed by atoms with E-state index in [9.17, 15) is 18.0 Å². The fourth-order valence-electron chi connectivity index (χ4n) is 0.783. The van der Waals surface area contributed by atoms with E-state index < -0.39 is 37.3 Å². The number of halogens is 3. The Balaban J connectivity index is 5.11. The normalized spacial score (nSPS) is 12.3. The molecule has 19 heavy (non-hydrogen) atoms. The minimum absolute atomic E-state index is 0.266. The molecule has 0 aliphatic rings. The molecule has 0 aromatic carbocycles. The van der Waals surface area contributed by atoms with Gasteiger partial charge in [-0.2, -0.15) is 0 Å². The number of carbonyl (C=O) groups is 2. The van der Waals surface area contributed by atoms with E-state index in [1.807, 2.05) is 0 Å². The van der Waals surface area contributed by atoms with E-state index >= 15 is 0 Å². The molecule has 0 aromatic rings. The van der Waals surface area contributed by atoms with Crippen molar-refractivity contribution in [1.29, 1.82) is 0 Å². The zero-order valence-electron chi connectivity index (χ0n) is 9.85. The number of ether oxygens (including phenoxy) is 1. The minimum atomic E-state index is -4.14. The van der Waals surface area contributed by atoms with Crippen molar-refractivity contribution in [3.05, 3.63) is 0 Å². The molecule has 1 N–H and O–H groups in total. The summed E-state index contributed by atoms with van der Waals surface area (Å²) in [7, 11) is -1.80. The molecule has 0 atom stereocenters. The fourth-order valence-corrected chi connectivity index (χ4v) is 4.17. The number of methoxy groups -OCH3 is 1. The maximum absolute atomic E-state index is 11.9. The largest absolute Gasteiger partial charge is 0.468 e. The van der Waals surface area contributed by atoms with Gasteiger partial charge in [0.1, 0.15) is 12.3 Å². The summed E-state index contributed by atoms with van der Waals surface area (Å²) in [5, 5.41) is 2.14. The van der Waals surface area contributed by atoms with Crippen molar-refractivity contribution >= 4 is 68.7 Å². The van der Waals surface area contributed by atoms with Crippen LogP contribution in [0.5, 0.6) is 0 Å². The first-order valence-corrected chi connectivity index (χ1v) is 8.07. The van der Waals surface area contributed by atoms with Crippen LogP contribution in [0.3, 0.4) is 0 Å². The number of esters is 1. The van der Waals surface area contributed by atoms with Gasteiger partial charge in [0.2, 0.25) is 15.9 Å². The van der Waals surface area contributed by atoms with Crippen molar-refractivity contribution in [3.8, 4) is 0 Å². The van der Waals surface area contributed by atoms with E-state index in [2.05, 4.69) is 10.1 Å². The predicted octanol–water partition coefficient (Wildman–Crippen LogP) is 0.513. The molecule has 0 heterocycles. The van der Waals surface area contributed by atoms with Gasteiger partial charge >= 0.3 is 5.97 Å². The van der Waals surface area contributed by atoms with Crippen LogP contribution < -0.4 is 5.32 Å². The van der Waals surface area contributed by atoms with Gasteiger partial charge in [0, 0.05) is 7.05 Å². The number of alkyl halides is 3. The summed E-state index contributed by atoms with van der Waals surface area (Å²) in [5.41, 5.74) is 0. The smallest absolute Gasteiger partial charge is 0.322 e. The molecule has 1 amide bonds. The SMILES string of the molecule is CNC(=O)CS(=O)(=O)N(CC(=O)OC)SC(Cl)(Cl)Cl. The molecule has 0 aromatic heterocycles. The molecule has 0 rings (SSSR count). The molecule has 0 radical (unpaired) electrons. The zero-order valence-corrected chi connectivity index (χ0v) is 13.8. The van der Waals surface area contributed by atoms with Crippen LogP contribution in [0, 0.1) is 0 Å². The van der Waals surface area contributed by atoms with Crippen molar-refractivity contribution < 1.29 is 22.7 Å². The molecule has 112 valence electrons. The summed E-state index contributed by atoms with van der Waals surface area (Å²) in [6, 6.07) is 0. The third-order valence-electron chi connectivity index (χ3n) is 1.59. The molecule has 12 heteroatoms. The van der Waals surface area contributed by atoms with Crippen molar-refractivity contribution in [2.75, 3.05) is 26.5 Å². The molecule has 0 bridgehead atoms. The van der Waals surface area contributed by atoms with Gasteiger partial charge in [0.05, 0.1) is 7.11 Å². The lowest BCUT2D eigenvalue weighted by Gasteiger charge is -2.22. The van der Waals surface area contributed by atoms with E-state index in [0.717, 1.165) is 7.11 Å². The second-order valence-corrected chi connectivity index (χ2v) is 9.32. The Kier molecular flexibility index (Phi) is 7.78. The highest BCUT2D eigenvalue weighted by Crippen LogP contribution is 2.42. The number of amides is 1. The van der Waals surface area contributed by atoms with Crippen LogP contribution in [0.1, 0.15) is 0 Å². The van der Waals surface area contributed by atoms with E-state index in [4.69, 9.17) is 34.8 Å². The highest BCUT2D eigenvalue weighted by Gasteiger charge is 2.35. The molecule has 0 aliphatic heterocycles. The second-order valence-electron chi connectivity index (χ2n) is 3.00. The Hall–Kier alpha value is 0.0700. The highest BCUT2D eigenvalue weighted by atomic mass is 35.6. The number of rotatable bonds is 6. The first-order chi connectivity index (χ1) is 8.51. The van der Waals surface area contributed by atoms with Crippen LogP contribution in [0.4, 0.5) is 0 Å². The van der Waals surface area contributed by atoms with Gasteiger partial charge in [-0.3, -0.25) is 9.59 Å². The van der Waals surface area contributed by atoms with Gasteiger partial charge in [-0.05, 0) is 11.9 Å². The summed E-state index contributed by atoms with van der Waals surface area (Å²) in [6.07, 6.45) is 0. The fraction of sp³-hybridized carbons (Fsp3) is 0.714. The molecule has 0 aliphatic carbocycles. The first kappa shape index (κ1) is 19.1. The van der Waals surface area contributed by atoms with Crippen molar-refractivity contribution in [2.45, 2.75) is 3.12 Å².